The minimum Gasteiger partial charge on any atom is -0.481 e. The highest BCUT2D eigenvalue weighted by atomic mass is 16.5. The second-order valence-electron chi connectivity index (χ2n) is 6.13. The fourth-order valence-corrected chi connectivity index (χ4v) is 2.79. The number of pyridine rings is 1. The molecule has 0 atom stereocenters. The third-order valence-electron chi connectivity index (χ3n) is 4.16. The molecular formula is C22H21NO3. The quantitative estimate of drug-likeness (QED) is 0.677. The van der Waals surface area contributed by atoms with Crippen LogP contribution in [0.3, 0.4) is 0 Å². The summed E-state index contributed by atoms with van der Waals surface area (Å²) in [6, 6.07) is 15.5. The van der Waals surface area contributed by atoms with Gasteiger partial charge in [0.2, 0.25) is 0 Å². The van der Waals surface area contributed by atoms with Crippen molar-refractivity contribution < 1.29 is 9.47 Å². The van der Waals surface area contributed by atoms with Crippen LogP contribution in [-0.2, 0) is 7.05 Å². The van der Waals surface area contributed by atoms with Gasteiger partial charge in [0.25, 0.3) is 5.56 Å². The SMILES string of the molecule is Cc1ccc(OCC#CCOc2cc3ccccc3n(C)c2=O)c(C)c1. The van der Waals surface area contributed by atoms with E-state index in [0.29, 0.717) is 5.75 Å². The Hall–Kier alpha value is -3.19. The van der Waals surface area contributed by atoms with Crippen molar-refractivity contribution in [3.8, 4) is 23.3 Å². The standard InChI is InChI=1S/C22H21NO3/c1-16-10-11-20(17(2)14-16)25-12-6-7-13-26-21-15-18-8-4-5-9-19(18)23(3)22(21)24/h4-5,8-11,14-15H,12-13H2,1-3H3. The first-order valence-electron chi connectivity index (χ1n) is 8.43. The van der Waals surface area contributed by atoms with E-state index < -0.39 is 0 Å². The van der Waals surface area contributed by atoms with E-state index in [1.54, 1.807) is 17.7 Å². The highest BCUT2D eigenvalue weighted by Crippen LogP contribution is 2.18. The summed E-state index contributed by atoms with van der Waals surface area (Å²) < 4.78 is 12.8. The molecule has 0 N–H and O–H groups in total. The maximum absolute atomic E-state index is 12.3. The lowest BCUT2D eigenvalue weighted by atomic mass is 10.1. The average Bonchev–Trinajstić information content (AvgIpc) is 2.63. The Morgan fingerprint density at radius 1 is 0.923 bits per heavy atom. The molecule has 0 fully saturated rings. The zero-order chi connectivity index (χ0) is 18.5. The number of aryl methyl sites for hydroxylation is 3. The molecule has 132 valence electrons. The molecule has 0 spiro atoms. The lowest BCUT2D eigenvalue weighted by molar-refractivity contribution is 0.357. The predicted octanol–water partition coefficient (Wildman–Crippen LogP) is 3.62. The average molecular weight is 347 g/mol. The first-order chi connectivity index (χ1) is 12.6. The summed E-state index contributed by atoms with van der Waals surface area (Å²) in [7, 11) is 1.74. The first kappa shape index (κ1) is 17.6. The fraction of sp³-hybridized carbons (Fsp3) is 0.227. The van der Waals surface area contributed by atoms with Gasteiger partial charge in [0.05, 0.1) is 5.52 Å². The topological polar surface area (TPSA) is 40.5 Å². The minimum atomic E-state index is -0.169. The van der Waals surface area contributed by atoms with Crippen LogP contribution in [0, 0.1) is 25.7 Å². The van der Waals surface area contributed by atoms with Crippen LogP contribution in [0.25, 0.3) is 10.9 Å². The maximum Gasteiger partial charge on any atom is 0.293 e. The van der Waals surface area contributed by atoms with Crippen molar-refractivity contribution in [2.45, 2.75) is 13.8 Å². The van der Waals surface area contributed by atoms with E-state index in [1.807, 2.05) is 50.2 Å². The normalized spacial score (nSPS) is 10.3. The molecule has 4 heteroatoms. The van der Waals surface area contributed by atoms with Crippen molar-refractivity contribution in [1.29, 1.82) is 0 Å². The fourth-order valence-electron chi connectivity index (χ4n) is 2.79. The molecule has 1 aromatic heterocycles. The number of rotatable bonds is 4. The number of ether oxygens (including phenoxy) is 2. The van der Waals surface area contributed by atoms with Gasteiger partial charge in [-0.05, 0) is 37.6 Å². The van der Waals surface area contributed by atoms with E-state index in [-0.39, 0.29) is 18.8 Å². The first-order valence-corrected chi connectivity index (χ1v) is 8.43. The number of hydrogen-bond donors (Lipinski definition) is 0. The number of para-hydroxylation sites is 1. The zero-order valence-electron chi connectivity index (χ0n) is 15.2. The molecule has 2 aromatic carbocycles. The molecule has 0 bridgehead atoms. The highest BCUT2D eigenvalue weighted by molar-refractivity contribution is 5.80. The second kappa shape index (κ2) is 7.79. The summed E-state index contributed by atoms with van der Waals surface area (Å²) in [6.07, 6.45) is 0. The van der Waals surface area contributed by atoms with Crippen LogP contribution >= 0.6 is 0 Å². The second-order valence-corrected chi connectivity index (χ2v) is 6.13. The van der Waals surface area contributed by atoms with Gasteiger partial charge >= 0.3 is 0 Å². The van der Waals surface area contributed by atoms with Crippen LogP contribution in [0.2, 0.25) is 0 Å². The number of fused-ring (bicyclic) bond motifs is 1. The molecule has 0 amide bonds. The Morgan fingerprint density at radius 3 is 2.35 bits per heavy atom. The molecule has 0 aliphatic carbocycles. The van der Waals surface area contributed by atoms with Crippen molar-refractivity contribution in [2.24, 2.45) is 7.05 Å². The van der Waals surface area contributed by atoms with Crippen LogP contribution in [0.4, 0.5) is 0 Å². The van der Waals surface area contributed by atoms with Crippen molar-refractivity contribution in [3.05, 3.63) is 70.0 Å². The molecule has 0 saturated heterocycles. The Labute approximate surface area is 153 Å². The lowest BCUT2D eigenvalue weighted by Gasteiger charge is -2.08. The molecule has 3 aromatic rings. The summed E-state index contributed by atoms with van der Waals surface area (Å²) in [6.45, 7) is 4.48. The summed E-state index contributed by atoms with van der Waals surface area (Å²) in [4.78, 5) is 12.3. The predicted molar refractivity (Wildman–Crippen MR) is 104 cm³/mol. The molecule has 3 rings (SSSR count). The van der Waals surface area contributed by atoms with Crippen LogP contribution in [0.1, 0.15) is 11.1 Å². The Balaban J connectivity index is 1.60. The van der Waals surface area contributed by atoms with Crippen molar-refractivity contribution in [1.82, 2.24) is 4.57 Å². The van der Waals surface area contributed by atoms with E-state index in [0.717, 1.165) is 22.2 Å². The number of nitrogens with zero attached hydrogens (tertiary/aromatic N) is 1. The van der Waals surface area contributed by atoms with Gasteiger partial charge in [0, 0.05) is 12.4 Å². The van der Waals surface area contributed by atoms with E-state index in [2.05, 4.69) is 17.9 Å². The molecule has 26 heavy (non-hydrogen) atoms. The number of hydrogen-bond acceptors (Lipinski definition) is 3. The van der Waals surface area contributed by atoms with Gasteiger partial charge in [-0.15, -0.1) is 0 Å². The largest absolute Gasteiger partial charge is 0.481 e. The zero-order valence-corrected chi connectivity index (χ0v) is 15.2. The molecule has 1 heterocycles. The van der Waals surface area contributed by atoms with Crippen LogP contribution in [0.15, 0.2) is 53.3 Å². The van der Waals surface area contributed by atoms with Crippen molar-refractivity contribution >= 4 is 10.9 Å². The molecule has 0 unspecified atom stereocenters. The molecule has 0 aliphatic rings. The summed E-state index contributed by atoms with van der Waals surface area (Å²) >= 11 is 0. The third kappa shape index (κ3) is 3.89. The lowest BCUT2D eigenvalue weighted by Crippen LogP contribution is -2.19. The van der Waals surface area contributed by atoms with E-state index >= 15 is 0 Å². The van der Waals surface area contributed by atoms with Gasteiger partial charge in [0.15, 0.2) is 5.75 Å². The smallest absolute Gasteiger partial charge is 0.293 e. The number of aromatic nitrogens is 1. The van der Waals surface area contributed by atoms with Gasteiger partial charge in [-0.2, -0.15) is 0 Å². The molecule has 0 aliphatic heterocycles. The summed E-state index contributed by atoms with van der Waals surface area (Å²) in [5.74, 6) is 6.93. The summed E-state index contributed by atoms with van der Waals surface area (Å²) in [5.41, 5.74) is 2.99. The van der Waals surface area contributed by atoms with Crippen LogP contribution < -0.4 is 15.0 Å². The van der Waals surface area contributed by atoms with Crippen LogP contribution in [-0.4, -0.2) is 17.8 Å². The Kier molecular flexibility index (Phi) is 5.28. The van der Waals surface area contributed by atoms with Gasteiger partial charge in [-0.25, -0.2) is 0 Å². The van der Waals surface area contributed by atoms with Crippen LogP contribution in [0.5, 0.6) is 11.5 Å². The van der Waals surface area contributed by atoms with Crippen molar-refractivity contribution in [2.75, 3.05) is 13.2 Å². The van der Waals surface area contributed by atoms with E-state index in [1.165, 1.54) is 5.56 Å². The monoisotopic (exact) mass is 347 g/mol. The Morgan fingerprint density at radius 2 is 1.62 bits per heavy atom. The highest BCUT2D eigenvalue weighted by Gasteiger charge is 2.06. The van der Waals surface area contributed by atoms with Gasteiger partial charge < -0.3 is 14.0 Å². The maximum atomic E-state index is 12.3. The molecule has 4 nitrogen and oxygen atoms in total. The van der Waals surface area contributed by atoms with Gasteiger partial charge in [0.1, 0.15) is 19.0 Å². The molecular weight excluding hydrogens is 326 g/mol. The van der Waals surface area contributed by atoms with E-state index in [4.69, 9.17) is 9.47 Å². The molecule has 0 radical (unpaired) electrons. The summed E-state index contributed by atoms with van der Waals surface area (Å²) in [5, 5.41) is 0.954. The Bertz CT molecular complexity index is 1050. The van der Waals surface area contributed by atoms with E-state index in [9.17, 15) is 4.79 Å². The molecule has 0 saturated carbocycles. The minimum absolute atomic E-state index is 0.143. The third-order valence-corrected chi connectivity index (χ3v) is 4.16. The van der Waals surface area contributed by atoms with Gasteiger partial charge in [-0.3, -0.25) is 4.79 Å². The van der Waals surface area contributed by atoms with Crippen molar-refractivity contribution in [3.63, 3.8) is 0 Å². The van der Waals surface area contributed by atoms with Gasteiger partial charge in [-0.1, -0.05) is 47.7 Å². The number of benzene rings is 2.